The number of carbonyl (C=O) groups is 1. The van der Waals surface area contributed by atoms with E-state index in [9.17, 15) is 9.59 Å². The Morgan fingerprint density at radius 3 is 2.38 bits per heavy atom. The highest BCUT2D eigenvalue weighted by Gasteiger charge is 2.20. The molecular formula is C31H22BrFN4O5. The Labute approximate surface area is 247 Å². The summed E-state index contributed by atoms with van der Waals surface area (Å²) in [6.07, 6.45) is 3.08. The number of hydrogen-bond acceptors (Lipinski definition) is 7. The molecule has 0 atom stereocenters. The predicted octanol–water partition coefficient (Wildman–Crippen LogP) is 6.53. The van der Waals surface area contributed by atoms with Crippen molar-refractivity contribution in [1.29, 1.82) is 5.26 Å². The van der Waals surface area contributed by atoms with Crippen LogP contribution in [0.1, 0.15) is 21.5 Å². The number of pyridine rings is 2. The number of anilines is 1. The van der Waals surface area contributed by atoms with Gasteiger partial charge >= 0.3 is 0 Å². The number of nitrogens with zero attached hydrogens (tertiary/aromatic N) is 3. The fourth-order valence-electron chi connectivity index (χ4n) is 4.33. The zero-order valence-electron chi connectivity index (χ0n) is 22.6. The third-order valence-electron chi connectivity index (χ3n) is 6.53. The molecule has 2 aromatic heterocycles. The number of methoxy groups -OCH3 is 2. The Morgan fingerprint density at radius 1 is 1.00 bits per heavy atom. The molecule has 0 aliphatic heterocycles. The molecule has 42 heavy (non-hydrogen) atoms. The molecule has 0 fully saturated rings. The van der Waals surface area contributed by atoms with Crippen LogP contribution in [0.5, 0.6) is 23.0 Å². The van der Waals surface area contributed by atoms with Gasteiger partial charge in [-0.25, -0.2) is 4.39 Å². The quantitative estimate of drug-likeness (QED) is 0.218. The highest BCUT2D eigenvalue weighted by molar-refractivity contribution is 9.10. The lowest BCUT2D eigenvalue weighted by atomic mass is 10.1. The van der Waals surface area contributed by atoms with Gasteiger partial charge in [-0.2, -0.15) is 5.26 Å². The van der Waals surface area contributed by atoms with Gasteiger partial charge in [0, 0.05) is 45.8 Å². The van der Waals surface area contributed by atoms with Gasteiger partial charge in [0.2, 0.25) is 0 Å². The molecule has 3 aromatic carbocycles. The number of carbonyl (C=O) groups excluding carboxylic acids is 1. The standard InChI is InChI=1S/C31H22BrFN4O5/c1-17-22(32)16-37(20-7-4-18(15-34)5-8-20)31(39)29(17)30(38)36-19-6-9-26(23(33)12-19)42-25-10-11-35-24-14-28(41-3)27(40-2)13-21(24)25/h4-14,16H,1-3H3,(H,36,38). The Morgan fingerprint density at radius 2 is 1.71 bits per heavy atom. The molecule has 5 rings (SSSR count). The molecule has 0 aliphatic rings. The van der Waals surface area contributed by atoms with E-state index in [1.54, 1.807) is 55.6 Å². The molecule has 1 amide bonds. The first-order chi connectivity index (χ1) is 20.2. The normalized spacial score (nSPS) is 10.7. The van der Waals surface area contributed by atoms with E-state index >= 15 is 4.39 Å². The minimum absolute atomic E-state index is 0.0860. The maximum Gasteiger partial charge on any atom is 0.268 e. The van der Waals surface area contributed by atoms with Crippen LogP contribution in [0.2, 0.25) is 0 Å². The number of halogens is 2. The number of rotatable bonds is 7. The van der Waals surface area contributed by atoms with Crippen molar-refractivity contribution in [2.75, 3.05) is 19.5 Å². The largest absolute Gasteiger partial charge is 0.493 e. The second kappa shape index (κ2) is 11.7. The molecule has 5 aromatic rings. The molecule has 0 unspecified atom stereocenters. The number of amides is 1. The minimum Gasteiger partial charge on any atom is -0.493 e. The molecule has 9 nitrogen and oxygen atoms in total. The van der Waals surface area contributed by atoms with E-state index in [4.69, 9.17) is 19.5 Å². The molecule has 11 heteroatoms. The van der Waals surface area contributed by atoms with Crippen molar-refractivity contribution >= 4 is 38.4 Å². The molecule has 0 saturated heterocycles. The monoisotopic (exact) mass is 628 g/mol. The lowest BCUT2D eigenvalue weighted by Crippen LogP contribution is -2.30. The summed E-state index contributed by atoms with van der Waals surface area (Å²) in [5.74, 6) is -0.246. The lowest BCUT2D eigenvalue weighted by Gasteiger charge is -2.14. The first-order valence-corrected chi connectivity index (χ1v) is 13.2. The highest BCUT2D eigenvalue weighted by Crippen LogP contribution is 2.37. The van der Waals surface area contributed by atoms with Gasteiger partial charge in [0.05, 0.1) is 31.4 Å². The van der Waals surface area contributed by atoms with Crippen LogP contribution in [0, 0.1) is 24.1 Å². The molecule has 2 heterocycles. The average Bonchev–Trinajstić information content (AvgIpc) is 3.00. The number of nitrogens with one attached hydrogen (secondary N) is 1. The number of ether oxygens (including phenoxy) is 3. The third-order valence-corrected chi connectivity index (χ3v) is 7.33. The fraction of sp³-hybridized carbons (Fsp3) is 0.0968. The molecule has 0 spiro atoms. The van der Waals surface area contributed by atoms with Gasteiger partial charge in [-0.3, -0.25) is 19.1 Å². The molecule has 1 N–H and O–H groups in total. The summed E-state index contributed by atoms with van der Waals surface area (Å²) >= 11 is 3.41. The number of aromatic nitrogens is 2. The first kappa shape index (κ1) is 28.3. The van der Waals surface area contributed by atoms with Crippen LogP contribution >= 0.6 is 15.9 Å². The molecule has 210 valence electrons. The molecular weight excluding hydrogens is 607 g/mol. The highest BCUT2D eigenvalue weighted by atomic mass is 79.9. The fourth-order valence-corrected chi connectivity index (χ4v) is 4.74. The topological polar surface area (TPSA) is 115 Å². The Bertz CT molecular complexity index is 1950. The van der Waals surface area contributed by atoms with Crippen molar-refractivity contribution in [1.82, 2.24) is 9.55 Å². The van der Waals surface area contributed by atoms with Crippen LogP contribution in [-0.2, 0) is 0 Å². The molecule has 0 radical (unpaired) electrons. The lowest BCUT2D eigenvalue weighted by molar-refractivity contribution is 0.102. The van der Waals surface area contributed by atoms with E-state index in [2.05, 4.69) is 26.2 Å². The zero-order valence-corrected chi connectivity index (χ0v) is 24.2. The van der Waals surface area contributed by atoms with Crippen LogP contribution in [0.25, 0.3) is 16.6 Å². The van der Waals surface area contributed by atoms with Crippen molar-refractivity contribution in [3.05, 3.63) is 110 Å². The van der Waals surface area contributed by atoms with Gasteiger partial charge in [0.25, 0.3) is 11.5 Å². The summed E-state index contributed by atoms with van der Waals surface area (Å²) in [4.78, 5) is 30.9. The van der Waals surface area contributed by atoms with Crippen molar-refractivity contribution in [3.8, 4) is 34.8 Å². The summed E-state index contributed by atoms with van der Waals surface area (Å²) in [6.45, 7) is 1.63. The van der Waals surface area contributed by atoms with E-state index in [1.165, 1.54) is 37.1 Å². The Kier molecular flexibility index (Phi) is 7.91. The minimum atomic E-state index is -0.737. The van der Waals surface area contributed by atoms with Gasteiger partial charge in [-0.05, 0) is 76.9 Å². The second-order valence-corrected chi connectivity index (χ2v) is 9.90. The van der Waals surface area contributed by atoms with Gasteiger partial charge in [-0.15, -0.1) is 0 Å². The summed E-state index contributed by atoms with van der Waals surface area (Å²) in [7, 11) is 3.02. The first-order valence-electron chi connectivity index (χ1n) is 12.5. The summed E-state index contributed by atoms with van der Waals surface area (Å²) in [5, 5.41) is 12.2. The van der Waals surface area contributed by atoms with Crippen LogP contribution in [-0.4, -0.2) is 29.7 Å². The smallest absolute Gasteiger partial charge is 0.268 e. The number of benzene rings is 3. The third kappa shape index (κ3) is 5.40. The van der Waals surface area contributed by atoms with Crippen molar-refractivity contribution in [2.24, 2.45) is 0 Å². The van der Waals surface area contributed by atoms with Crippen LogP contribution in [0.3, 0.4) is 0 Å². The second-order valence-electron chi connectivity index (χ2n) is 9.05. The van der Waals surface area contributed by atoms with Gasteiger partial charge in [-0.1, -0.05) is 0 Å². The average molecular weight is 629 g/mol. The maximum atomic E-state index is 15.2. The van der Waals surface area contributed by atoms with Crippen LogP contribution in [0.4, 0.5) is 10.1 Å². The predicted molar refractivity (Wildman–Crippen MR) is 158 cm³/mol. The van der Waals surface area contributed by atoms with E-state index < -0.39 is 17.3 Å². The Balaban J connectivity index is 1.42. The number of fused-ring (bicyclic) bond motifs is 1. The van der Waals surface area contributed by atoms with E-state index in [-0.39, 0.29) is 17.0 Å². The molecule has 0 saturated carbocycles. The van der Waals surface area contributed by atoms with Gasteiger partial charge in [0.15, 0.2) is 23.1 Å². The molecule has 0 bridgehead atoms. The van der Waals surface area contributed by atoms with Crippen molar-refractivity contribution in [2.45, 2.75) is 6.92 Å². The molecule has 0 aliphatic carbocycles. The van der Waals surface area contributed by atoms with Gasteiger partial charge in [0.1, 0.15) is 11.3 Å². The van der Waals surface area contributed by atoms with E-state index in [0.29, 0.717) is 49.4 Å². The van der Waals surface area contributed by atoms with Crippen LogP contribution < -0.4 is 25.1 Å². The SMILES string of the molecule is COc1cc2nccc(Oc3ccc(NC(=O)c4c(C)c(Br)cn(-c5ccc(C#N)cc5)c4=O)cc3F)c2cc1OC. The van der Waals surface area contributed by atoms with Crippen LogP contribution in [0.15, 0.2) is 82.3 Å². The Hall–Kier alpha value is -5.21. The maximum absolute atomic E-state index is 15.2. The van der Waals surface area contributed by atoms with Gasteiger partial charge < -0.3 is 19.5 Å². The zero-order chi connectivity index (χ0) is 30.0. The van der Waals surface area contributed by atoms with Crippen molar-refractivity contribution in [3.63, 3.8) is 0 Å². The van der Waals surface area contributed by atoms with Crippen molar-refractivity contribution < 1.29 is 23.4 Å². The summed E-state index contributed by atoms with van der Waals surface area (Å²) in [5.41, 5.74) is 1.31. The summed E-state index contributed by atoms with van der Waals surface area (Å²) in [6, 6.07) is 17.3. The number of nitriles is 1. The summed E-state index contributed by atoms with van der Waals surface area (Å²) < 4.78 is 33.6. The van der Waals surface area contributed by atoms with E-state index in [1.807, 2.05) is 6.07 Å². The number of hydrogen-bond donors (Lipinski definition) is 1. The van der Waals surface area contributed by atoms with E-state index in [0.717, 1.165) is 6.07 Å².